The van der Waals surface area contributed by atoms with Crippen molar-refractivity contribution < 1.29 is 9.90 Å². The van der Waals surface area contributed by atoms with Crippen LogP contribution < -0.4 is 0 Å². The lowest BCUT2D eigenvalue weighted by atomic mass is 9.62. The maximum atomic E-state index is 11.1. The van der Waals surface area contributed by atoms with E-state index in [0.29, 0.717) is 5.92 Å². The molecule has 2 fully saturated rings. The molecule has 3 aliphatic rings. The highest BCUT2D eigenvalue weighted by Gasteiger charge is 2.61. The summed E-state index contributed by atoms with van der Waals surface area (Å²) in [6.07, 6.45) is 7.14. The number of carbonyl (C=O) groups is 1. The fourth-order valence-electron chi connectivity index (χ4n) is 5.63. The van der Waals surface area contributed by atoms with Crippen LogP contribution in [-0.2, 0) is 21.0 Å². The van der Waals surface area contributed by atoms with E-state index in [-0.39, 0.29) is 16.2 Å². The molecule has 0 aliphatic heterocycles. The first-order chi connectivity index (χ1) is 11.6. The van der Waals surface area contributed by atoms with E-state index in [2.05, 4.69) is 46.8 Å². The van der Waals surface area contributed by atoms with Crippen molar-refractivity contribution in [1.29, 1.82) is 0 Å². The zero-order chi connectivity index (χ0) is 18.2. The van der Waals surface area contributed by atoms with Crippen LogP contribution in [0.2, 0.25) is 0 Å². The van der Waals surface area contributed by atoms with Crippen LogP contribution in [-0.4, -0.2) is 11.1 Å². The number of hydrogen-bond donors (Lipinski definition) is 1. The fourth-order valence-corrected chi connectivity index (χ4v) is 5.63. The van der Waals surface area contributed by atoms with Gasteiger partial charge in [-0.2, -0.15) is 0 Å². The Morgan fingerprint density at radius 1 is 1.04 bits per heavy atom. The van der Waals surface area contributed by atoms with Crippen LogP contribution >= 0.6 is 0 Å². The Hall–Kier alpha value is -1.57. The summed E-state index contributed by atoms with van der Waals surface area (Å²) < 4.78 is 0. The second-order valence-corrected chi connectivity index (χ2v) is 9.95. The average Bonchev–Trinajstić information content (AvgIpc) is 3.15. The topological polar surface area (TPSA) is 37.3 Å². The third-order valence-electron chi connectivity index (χ3n) is 7.43. The van der Waals surface area contributed by atoms with E-state index in [9.17, 15) is 4.79 Å². The molecule has 0 radical (unpaired) electrons. The number of carboxylic acids is 1. The first-order valence-electron chi connectivity index (χ1n) is 9.66. The minimum Gasteiger partial charge on any atom is -0.478 e. The Bertz CT molecular complexity index is 797. The van der Waals surface area contributed by atoms with Crippen LogP contribution in [0.4, 0.5) is 0 Å². The normalized spacial score (nSPS) is 33.0. The molecule has 0 bridgehead atoms. The molecule has 1 N–H and O–H groups in total. The zero-order valence-electron chi connectivity index (χ0n) is 16.2. The monoisotopic (exact) mass is 338 g/mol. The molecular formula is C23H30O2. The molecule has 4 rings (SSSR count). The molecule has 25 heavy (non-hydrogen) atoms. The maximum absolute atomic E-state index is 11.1. The summed E-state index contributed by atoms with van der Waals surface area (Å²) in [5, 5.41) is 9.13. The van der Waals surface area contributed by atoms with Crippen molar-refractivity contribution in [2.45, 2.75) is 83.0 Å². The number of rotatable bonds is 2. The molecule has 1 aromatic carbocycles. The Morgan fingerprint density at radius 2 is 1.64 bits per heavy atom. The van der Waals surface area contributed by atoms with Crippen molar-refractivity contribution in [1.82, 2.24) is 0 Å². The molecule has 0 amide bonds. The third kappa shape index (κ3) is 2.40. The quantitative estimate of drug-likeness (QED) is 0.732. The first kappa shape index (κ1) is 16.9. The van der Waals surface area contributed by atoms with Gasteiger partial charge in [0.2, 0.25) is 0 Å². The number of benzene rings is 1. The average molecular weight is 338 g/mol. The minimum absolute atomic E-state index is 0.220. The lowest BCUT2D eigenvalue weighted by Gasteiger charge is -2.43. The number of carboxylic acid groups (broad SMARTS) is 1. The zero-order valence-corrected chi connectivity index (χ0v) is 16.2. The fraction of sp³-hybridized carbons (Fsp3) is 0.609. The summed E-state index contributed by atoms with van der Waals surface area (Å²) in [7, 11) is 0. The SMILES string of the molecule is Cc1cc2c(cc1C13CC/C(=C/C(=O)O)C1C3)C(C)(C)CCC2(C)C. The largest absolute Gasteiger partial charge is 0.478 e. The van der Waals surface area contributed by atoms with Crippen LogP contribution in [0, 0.1) is 12.8 Å². The van der Waals surface area contributed by atoms with Crippen molar-refractivity contribution >= 4 is 5.97 Å². The van der Waals surface area contributed by atoms with Gasteiger partial charge in [0.05, 0.1) is 0 Å². The van der Waals surface area contributed by atoms with E-state index in [1.54, 1.807) is 0 Å². The molecule has 2 nitrogen and oxygen atoms in total. The van der Waals surface area contributed by atoms with Crippen molar-refractivity contribution in [3.8, 4) is 0 Å². The summed E-state index contributed by atoms with van der Waals surface area (Å²) >= 11 is 0. The molecule has 3 aliphatic carbocycles. The molecule has 0 saturated heterocycles. The maximum Gasteiger partial charge on any atom is 0.328 e. The van der Waals surface area contributed by atoms with Gasteiger partial charge in [-0.25, -0.2) is 4.79 Å². The van der Waals surface area contributed by atoms with Crippen LogP contribution in [0.15, 0.2) is 23.8 Å². The minimum atomic E-state index is -0.789. The first-order valence-corrected chi connectivity index (χ1v) is 9.66. The van der Waals surface area contributed by atoms with Gasteiger partial charge in [-0.3, -0.25) is 0 Å². The number of aliphatic carboxylic acids is 1. The smallest absolute Gasteiger partial charge is 0.328 e. The van der Waals surface area contributed by atoms with Gasteiger partial charge in [0.15, 0.2) is 0 Å². The van der Waals surface area contributed by atoms with Gasteiger partial charge in [0.1, 0.15) is 0 Å². The van der Waals surface area contributed by atoms with Crippen molar-refractivity contribution in [3.05, 3.63) is 46.0 Å². The molecule has 2 saturated carbocycles. The summed E-state index contributed by atoms with van der Waals surface area (Å²) in [5.74, 6) is -0.331. The van der Waals surface area contributed by atoms with E-state index >= 15 is 0 Å². The van der Waals surface area contributed by atoms with Gasteiger partial charge < -0.3 is 5.11 Å². The number of allylic oxidation sites excluding steroid dienone is 1. The molecule has 134 valence electrons. The number of fused-ring (bicyclic) bond motifs is 2. The molecule has 2 atom stereocenters. The van der Waals surface area contributed by atoms with Gasteiger partial charge in [0, 0.05) is 11.5 Å². The Morgan fingerprint density at radius 3 is 2.20 bits per heavy atom. The Kier molecular flexibility index (Phi) is 3.37. The Balaban J connectivity index is 1.81. The number of hydrogen-bond acceptors (Lipinski definition) is 1. The Labute approximate surface area is 151 Å². The highest BCUT2D eigenvalue weighted by Crippen LogP contribution is 2.67. The van der Waals surface area contributed by atoms with E-state index in [1.807, 2.05) is 0 Å². The molecular weight excluding hydrogens is 308 g/mol. The van der Waals surface area contributed by atoms with E-state index in [4.69, 9.17) is 5.11 Å². The van der Waals surface area contributed by atoms with Gasteiger partial charge in [-0.15, -0.1) is 0 Å². The molecule has 1 aromatic rings. The van der Waals surface area contributed by atoms with Crippen molar-refractivity contribution in [3.63, 3.8) is 0 Å². The molecule has 0 heterocycles. The van der Waals surface area contributed by atoms with Gasteiger partial charge in [-0.1, -0.05) is 45.4 Å². The van der Waals surface area contributed by atoms with Crippen LogP contribution in [0.5, 0.6) is 0 Å². The number of aryl methyl sites for hydroxylation is 1. The predicted octanol–water partition coefficient (Wildman–Crippen LogP) is 5.41. The van der Waals surface area contributed by atoms with Crippen LogP contribution in [0.1, 0.15) is 82.1 Å². The molecule has 0 aromatic heterocycles. The second-order valence-electron chi connectivity index (χ2n) is 9.95. The summed E-state index contributed by atoms with van der Waals surface area (Å²) in [6.45, 7) is 11.8. The van der Waals surface area contributed by atoms with Gasteiger partial charge in [0.25, 0.3) is 0 Å². The third-order valence-corrected chi connectivity index (χ3v) is 7.43. The highest BCUT2D eigenvalue weighted by molar-refractivity contribution is 5.81. The van der Waals surface area contributed by atoms with Crippen molar-refractivity contribution in [2.24, 2.45) is 5.92 Å². The lowest BCUT2D eigenvalue weighted by molar-refractivity contribution is -0.131. The summed E-state index contributed by atoms with van der Waals surface area (Å²) in [5.41, 5.74) is 7.81. The lowest BCUT2D eigenvalue weighted by Crippen LogP contribution is -2.34. The molecule has 2 unspecified atom stereocenters. The van der Waals surface area contributed by atoms with E-state index in [1.165, 1.54) is 41.2 Å². The standard InChI is InChI=1S/C23H30O2/c1-14-10-17-18(22(4,5)9-8-21(17,2)3)12-16(14)23-7-6-15(11-20(24)25)19(23)13-23/h10-12,19H,6-9,13H2,1-5H3,(H,24,25)/b15-11-. The molecule has 2 heteroatoms. The van der Waals surface area contributed by atoms with Crippen LogP contribution in [0.25, 0.3) is 0 Å². The van der Waals surface area contributed by atoms with Gasteiger partial charge in [-0.05, 0) is 78.0 Å². The van der Waals surface area contributed by atoms with E-state index < -0.39 is 5.97 Å². The van der Waals surface area contributed by atoms with Crippen LogP contribution in [0.3, 0.4) is 0 Å². The van der Waals surface area contributed by atoms with E-state index in [0.717, 1.165) is 24.8 Å². The molecule has 0 spiro atoms. The van der Waals surface area contributed by atoms with Crippen molar-refractivity contribution in [2.75, 3.05) is 0 Å². The second kappa shape index (κ2) is 4.99. The van der Waals surface area contributed by atoms with Gasteiger partial charge >= 0.3 is 5.97 Å². The summed E-state index contributed by atoms with van der Waals surface area (Å²) in [6, 6.07) is 4.96. The predicted molar refractivity (Wildman–Crippen MR) is 101 cm³/mol. The highest BCUT2D eigenvalue weighted by atomic mass is 16.4. The summed E-state index contributed by atoms with van der Waals surface area (Å²) in [4.78, 5) is 11.1.